The zero-order chi connectivity index (χ0) is 84.7. The molecule has 0 saturated carbocycles. The predicted molar refractivity (Wildman–Crippen MR) is 356 cm³/mol. The van der Waals surface area contributed by atoms with E-state index < -0.39 is 341 Å². The summed E-state index contributed by atoms with van der Waals surface area (Å²) in [4.78, 5) is 136. The van der Waals surface area contributed by atoms with Gasteiger partial charge in [-0.15, -0.1) is 0 Å². The number of rotatable bonds is 43. The van der Waals surface area contributed by atoms with Crippen molar-refractivity contribution >= 4 is 91.7 Å². The second kappa shape index (κ2) is 48.6. The van der Waals surface area contributed by atoms with E-state index in [2.05, 4.69) is 61.2 Å². The maximum absolute atomic E-state index is 13.6. The number of hydrogen-bond acceptors (Lipinski definition) is 40. The average molecular weight is 1710 g/mol. The predicted octanol–water partition coefficient (Wildman–Crippen LogP) is -23.8. The van der Waals surface area contributed by atoms with Gasteiger partial charge in [0.25, 0.3) is 0 Å². The van der Waals surface area contributed by atoms with Crippen molar-refractivity contribution in [3.8, 4) is 0 Å². The van der Waals surface area contributed by atoms with Crippen molar-refractivity contribution in [2.75, 3.05) is 52.7 Å². The molecular formula is C58H96N12Na2O40S2. The molecule has 26 N–H and O–H groups in total. The van der Waals surface area contributed by atoms with E-state index in [0.29, 0.717) is 0 Å². The second-order valence-corrected chi connectivity index (χ2v) is 27.8. The number of carbonyl (C=O) groups is 10. The van der Waals surface area contributed by atoms with Crippen molar-refractivity contribution in [1.82, 2.24) is 47.9 Å². The molecule has 642 valence electrons. The summed E-state index contributed by atoms with van der Waals surface area (Å²) >= 11 is 0. The summed E-state index contributed by atoms with van der Waals surface area (Å²) in [6.45, 7) is 0.478. The maximum Gasteiger partial charge on any atom is 1.00 e. The molecule has 4 saturated heterocycles. The Bertz CT molecular complexity index is 3470. The van der Waals surface area contributed by atoms with Crippen molar-refractivity contribution in [2.45, 2.75) is 238 Å². The van der Waals surface area contributed by atoms with Crippen molar-refractivity contribution in [1.29, 1.82) is 5.41 Å². The summed E-state index contributed by atoms with van der Waals surface area (Å²) < 4.78 is 116. The van der Waals surface area contributed by atoms with Crippen LogP contribution in [0.15, 0.2) is 4.99 Å². The van der Waals surface area contributed by atoms with E-state index in [-0.39, 0.29) is 59.1 Å². The first-order chi connectivity index (χ1) is 52.2. The van der Waals surface area contributed by atoms with Gasteiger partial charge in [0.2, 0.25) is 59.1 Å². The number of primary amides is 1. The number of amides is 10. The minimum atomic E-state index is -5.34. The largest absolute Gasteiger partial charge is 1.00 e. The summed E-state index contributed by atoms with van der Waals surface area (Å²) in [5.74, 6) is -13.1. The molecule has 56 heteroatoms. The Hall–Kier alpha value is -5.42. The van der Waals surface area contributed by atoms with Crippen molar-refractivity contribution in [3.05, 3.63) is 0 Å². The van der Waals surface area contributed by atoms with E-state index in [0.717, 1.165) is 41.5 Å². The van der Waals surface area contributed by atoms with Crippen LogP contribution < -0.4 is 123 Å². The van der Waals surface area contributed by atoms with Crippen LogP contribution in [0.25, 0.3) is 0 Å². The number of ether oxygens (including phenoxy) is 8. The van der Waals surface area contributed by atoms with Gasteiger partial charge in [0.1, 0.15) is 146 Å². The Balaban J connectivity index is 0.0000220. The molecule has 114 heavy (non-hydrogen) atoms. The molecule has 4 aliphatic rings. The van der Waals surface area contributed by atoms with E-state index >= 15 is 0 Å². The number of nitrogens with zero attached hydrogens (tertiary/aromatic N) is 1. The molecular weight excluding hydrogens is 1610 g/mol. The van der Waals surface area contributed by atoms with E-state index in [4.69, 9.17) is 58.1 Å². The Morgan fingerprint density at radius 1 is 0.456 bits per heavy atom. The molecule has 10 amide bonds. The Labute approximate surface area is 693 Å². The van der Waals surface area contributed by atoms with Gasteiger partial charge in [-0.1, -0.05) is 0 Å². The number of aliphatic hydroxyl groups is 12. The third-order valence-electron chi connectivity index (χ3n) is 16.9. The van der Waals surface area contributed by atoms with Gasteiger partial charge in [-0.25, -0.2) is 8.37 Å². The molecule has 4 aliphatic heterocycles. The monoisotopic (exact) mass is 1710 g/mol. The fraction of sp³-hybridized carbons (Fsp3) is 0.793. The summed E-state index contributed by atoms with van der Waals surface area (Å²) in [7, 11) is -10.7. The summed E-state index contributed by atoms with van der Waals surface area (Å²) in [5, 5.41) is 176. The first-order valence-electron chi connectivity index (χ1n) is 33.9. The molecule has 0 radical (unpaired) electrons. The van der Waals surface area contributed by atoms with Crippen LogP contribution in [0.2, 0.25) is 0 Å². The van der Waals surface area contributed by atoms with E-state index in [1.165, 1.54) is 0 Å². The maximum atomic E-state index is 13.6. The van der Waals surface area contributed by atoms with Crippen molar-refractivity contribution < 1.29 is 251 Å². The van der Waals surface area contributed by atoms with E-state index in [1.54, 1.807) is 0 Å². The van der Waals surface area contributed by atoms with Crippen LogP contribution in [0, 0.1) is 5.41 Å². The minimum absolute atomic E-state index is 0. The van der Waals surface area contributed by atoms with E-state index in [9.17, 15) is 136 Å². The van der Waals surface area contributed by atoms with Crippen LogP contribution in [0.1, 0.15) is 67.2 Å². The van der Waals surface area contributed by atoms with Crippen LogP contribution in [-0.4, -0.2) is 382 Å². The number of aliphatic imine (C=N–C) groups is 1. The zero-order valence-electron chi connectivity index (χ0n) is 62.4. The molecule has 0 unspecified atom stereocenters. The average Bonchev–Trinajstić information content (AvgIpc) is 0.783. The number of hydrogen-bond donors (Lipinski definition) is 25. The molecule has 52 nitrogen and oxygen atoms in total. The molecule has 0 bridgehead atoms. The third kappa shape index (κ3) is 32.4. The fourth-order valence-corrected chi connectivity index (χ4v) is 11.8. The molecule has 0 aliphatic carbocycles. The number of nitrogens with one attached hydrogen (secondary N) is 10. The quantitative estimate of drug-likeness (QED) is 0.00886. The van der Waals surface area contributed by atoms with Crippen LogP contribution in [-0.2, 0) is 115 Å². The molecule has 0 spiro atoms. The fourth-order valence-electron chi connectivity index (χ4n) is 10.8. The van der Waals surface area contributed by atoms with Crippen LogP contribution in [0.4, 0.5) is 0 Å². The van der Waals surface area contributed by atoms with Crippen LogP contribution in [0.5, 0.6) is 0 Å². The standard InChI is InChI=1S/C58H98N12O40S2.2Na/c1-19(47(60)87)63-54(94)27(14-34(78)62-10-12-102-56-40(84)38(82)44(31(18-74)106-56)108-58-42(86)46(110-112(98,99)100)36(80)29(16-72)104-58)70-51(91)23(5)65-48(88)20(2)66-52(92)25(7-8-32(59)76)69-50(90)22(4)64-49(89)21(3)67-53(93)26(68-24(6)75)13-33(77)61-9-11-101-55-39(83)37(81)43(30(17-73)105-55)107-57-41(85)45(109-111(95,96)97)35(79)28(15-71)103-57;;/h19-23,25-31,35-46,55-58,71-74,79-86H,7-18H2,1-6H3,(H2,59,76)(H2,60,87)(H,61,77)(H,62,78)(H,63,94)(H,64,89)(H,65,88)(H,66,92)(H,67,93)(H,68,75)(H,69,90)(H,70,91)(H,95,96,97)(H,98,99,100);;/q;2*+1/p-2/t19-,20-,21-,22-,23-,25-,26-,27-,28+,29+,30+,31+,35-,36-,37+,38+,39+,40+,41+,42+,43+,44+,45-,46-,55+,56+,57-,58-;;/m0../s1. The molecule has 0 aromatic heterocycles. The molecule has 0 aromatic carbocycles. The first-order valence-corrected chi connectivity index (χ1v) is 36.7. The van der Waals surface area contributed by atoms with Gasteiger partial charge in [-0.3, -0.25) is 62.0 Å². The smallest absolute Gasteiger partial charge is 0.862 e. The van der Waals surface area contributed by atoms with Gasteiger partial charge in [-0.2, -0.15) is 16.8 Å². The summed E-state index contributed by atoms with van der Waals surface area (Å²) in [6.07, 6.45) is -42.3. The molecule has 4 fully saturated rings. The SMILES string of the molecule is CC([O-])=N[C@@H](CC(=O)NCCO[C@@H]1O[C@H](CO)[C@@H](O[C@@H]2O[C@H](CO)[C@H](O)[C@H](OS(=O)(=O)O)[C@H]2O)[C@H](O)[C@H]1O)C(=O)N[C@@H](C)C(=O)N[C@@H](C)C(=O)N[C@@H](CCC(=N)[O-])C(=O)N[C@@H](C)C(=O)N[C@@H](C)C(=O)N[C@@H](CC(=O)NCCO[C@@H]1O[C@H](CO)[C@@H](O[C@@H]2O[C@H](CO)[C@H](O)[C@H](OS(=O)(=O)O)[C@H]2O)[C@H](O)[C@H]1O)C(=O)N[C@@H](C)C(N)=O.[Na+].[Na+]. The Kier molecular flexibility index (Phi) is 44.6. The minimum Gasteiger partial charge on any atom is -0.862 e. The molecule has 4 rings (SSSR count). The van der Waals surface area contributed by atoms with Gasteiger partial charge in [0.05, 0.1) is 52.5 Å². The molecule has 28 atom stereocenters. The van der Waals surface area contributed by atoms with Crippen LogP contribution in [0.3, 0.4) is 0 Å². The Morgan fingerprint density at radius 3 is 1.15 bits per heavy atom. The zero-order valence-corrected chi connectivity index (χ0v) is 68.0. The van der Waals surface area contributed by atoms with Crippen molar-refractivity contribution in [2.24, 2.45) is 10.7 Å². The van der Waals surface area contributed by atoms with Gasteiger partial charge in [-0.05, 0) is 66.2 Å². The summed E-state index contributed by atoms with van der Waals surface area (Å²) in [5.41, 5.74) is 5.27. The Morgan fingerprint density at radius 2 is 0.789 bits per heavy atom. The number of aliphatic hydroxyl groups excluding tert-OH is 12. The first kappa shape index (κ1) is 105. The van der Waals surface area contributed by atoms with Gasteiger partial charge >= 0.3 is 79.9 Å². The third-order valence-corrected chi connectivity index (χ3v) is 17.8. The topological polar surface area (TPSA) is 831 Å². The van der Waals surface area contributed by atoms with Gasteiger partial charge < -0.3 is 168 Å². The number of carbonyl (C=O) groups excluding carboxylic acids is 10. The number of nitrogens with two attached hydrogens (primary N) is 1. The van der Waals surface area contributed by atoms with Gasteiger partial charge in [0.15, 0.2) is 25.2 Å². The van der Waals surface area contributed by atoms with Gasteiger partial charge in [0, 0.05) is 13.1 Å². The van der Waals surface area contributed by atoms with Crippen LogP contribution >= 0.6 is 0 Å². The summed E-state index contributed by atoms with van der Waals surface area (Å²) in [6, 6.07) is -13.0. The second-order valence-electron chi connectivity index (χ2n) is 25.7. The normalized spacial score (nSPS) is 30.0. The van der Waals surface area contributed by atoms with Crippen molar-refractivity contribution in [3.63, 3.8) is 0 Å². The van der Waals surface area contributed by atoms with E-state index in [1.807, 2.05) is 0 Å². The molecule has 4 heterocycles. The molecule has 0 aromatic rings.